The maximum atomic E-state index is 13.2. The van der Waals surface area contributed by atoms with E-state index in [1.807, 2.05) is 31.2 Å². The third-order valence-corrected chi connectivity index (χ3v) is 8.09. The van der Waals surface area contributed by atoms with E-state index < -0.39 is 10.0 Å². The first kappa shape index (κ1) is 23.2. The number of para-hydroxylation sites is 1. The van der Waals surface area contributed by atoms with Gasteiger partial charge in [-0.1, -0.05) is 34.1 Å². The van der Waals surface area contributed by atoms with Crippen molar-refractivity contribution in [2.24, 2.45) is 0 Å². The fraction of sp³-hybridized carbons (Fsp3) is 0.435. The van der Waals surface area contributed by atoms with Crippen LogP contribution in [0.2, 0.25) is 0 Å². The molecule has 1 N–H and O–H groups in total. The average molecular weight is 521 g/mol. The smallest absolute Gasteiger partial charge is 0.242 e. The van der Waals surface area contributed by atoms with Gasteiger partial charge in [0.05, 0.1) is 5.69 Å². The summed E-state index contributed by atoms with van der Waals surface area (Å²) in [4.78, 5) is 18.6. The number of nitrogens with one attached hydrogen (secondary N) is 1. The third-order valence-electron chi connectivity index (χ3n) is 6.16. The number of piperazine rings is 1. The van der Waals surface area contributed by atoms with Gasteiger partial charge in [-0.3, -0.25) is 9.69 Å². The highest BCUT2D eigenvalue weighted by molar-refractivity contribution is 9.10. The number of amides is 1. The Morgan fingerprint density at radius 2 is 1.81 bits per heavy atom. The number of benzene rings is 2. The molecule has 1 amide bonds. The Labute approximate surface area is 198 Å². The molecule has 0 saturated carbocycles. The Balaban J connectivity index is 1.39. The standard InChI is InChI=1S/C23H29BrN4O3S/c1-17-14-19-15-20(24)16-22(23(19)28(17)18(2)29)32(30,31)25-8-9-26-10-12-27(13-11-26)21-6-4-3-5-7-21/h3-7,15-17,25H,8-14H2,1-2H3/t17-/m0/s1. The Bertz CT molecular complexity index is 1090. The molecular weight excluding hydrogens is 492 g/mol. The molecule has 2 heterocycles. The predicted octanol–water partition coefficient (Wildman–Crippen LogP) is 2.85. The van der Waals surface area contributed by atoms with Crippen LogP contribution in [0.3, 0.4) is 0 Å². The van der Waals surface area contributed by atoms with Gasteiger partial charge in [0, 0.05) is 62.4 Å². The highest BCUT2D eigenvalue weighted by Gasteiger charge is 2.35. The van der Waals surface area contributed by atoms with Gasteiger partial charge in [0.25, 0.3) is 0 Å². The molecule has 32 heavy (non-hydrogen) atoms. The molecule has 0 radical (unpaired) electrons. The summed E-state index contributed by atoms with van der Waals surface area (Å²) in [5.74, 6) is -0.147. The number of fused-ring (bicyclic) bond motifs is 1. The number of rotatable bonds is 6. The van der Waals surface area contributed by atoms with Gasteiger partial charge in [0.1, 0.15) is 4.90 Å². The number of hydrogen-bond acceptors (Lipinski definition) is 5. The second-order valence-corrected chi connectivity index (χ2v) is 11.1. The Hall–Kier alpha value is -1.94. The number of carbonyl (C=O) groups is 1. The molecule has 0 spiro atoms. The first-order valence-electron chi connectivity index (χ1n) is 10.9. The van der Waals surface area contributed by atoms with E-state index in [0.717, 1.165) is 31.7 Å². The molecule has 2 aromatic carbocycles. The number of anilines is 2. The lowest BCUT2D eigenvalue weighted by Gasteiger charge is -2.36. The van der Waals surface area contributed by atoms with Crippen LogP contribution in [0.5, 0.6) is 0 Å². The average Bonchev–Trinajstić information content (AvgIpc) is 3.09. The predicted molar refractivity (Wildman–Crippen MR) is 131 cm³/mol. The molecule has 9 heteroatoms. The molecule has 0 aromatic heterocycles. The van der Waals surface area contributed by atoms with Crippen LogP contribution in [0.25, 0.3) is 0 Å². The summed E-state index contributed by atoms with van der Waals surface area (Å²) in [6.07, 6.45) is 0.641. The molecule has 172 valence electrons. The molecule has 1 fully saturated rings. The van der Waals surface area contributed by atoms with E-state index in [-0.39, 0.29) is 16.8 Å². The van der Waals surface area contributed by atoms with Gasteiger partial charge >= 0.3 is 0 Å². The third kappa shape index (κ3) is 4.85. The number of hydrogen-bond donors (Lipinski definition) is 1. The summed E-state index contributed by atoms with van der Waals surface area (Å²) in [6.45, 7) is 8.00. The van der Waals surface area contributed by atoms with Crippen LogP contribution in [-0.2, 0) is 21.2 Å². The number of nitrogens with zero attached hydrogens (tertiary/aromatic N) is 3. The molecule has 7 nitrogen and oxygen atoms in total. The lowest BCUT2D eigenvalue weighted by atomic mass is 10.1. The monoisotopic (exact) mass is 520 g/mol. The van der Waals surface area contributed by atoms with Gasteiger partial charge in [0.2, 0.25) is 15.9 Å². The Morgan fingerprint density at radius 3 is 2.47 bits per heavy atom. The largest absolute Gasteiger partial charge is 0.369 e. The zero-order valence-electron chi connectivity index (χ0n) is 18.4. The van der Waals surface area contributed by atoms with Gasteiger partial charge in [-0.05, 0) is 43.2 Å². The molecule has 0 unspecified atom stereocenters. The lowest BCUT2D eigenvalue weighted by molar-refractivity contribution is -0.116. The Kier molecular flexibility index (Phi) is 6.90. The van der Waals surface area contributed by atoms with Crippen LogP contribution in [0.15, 0.2) is 51.8 Å². The summed E-state index contributed by atoms with van der Waals surface area (Å²) < 4.78 is 29.9. The molecule has 0 aliphatic carbocycles. The van der Waals surface area contributed by atoms with Crippen molar-refractivity contribution in [3.05, 3.63) is 52.5 Å². The van der Waals surface area contributed by atoms with Crippen LogP contribution in [-0.4, -0.2) is 64.5 Å². The van der Waals surface area contributed by atoms with E-state index in [1.165, 1.54) is 12.6 Å². The van der Waals surface area contributed by atoms with E-state index in [0.29, 0.717) is 29.7 Å². The SMILES string of the molecule is CC(=O)N1c2c(cc(Br)cc2S(=O)(=O)NCCN2CCN(c3ccccc3)CC2)C[C@@H]1C. The van der Waals surface area contributed by atoms with E-state index in [4.69, 9.17) is 0 Å². The molecule has 1 atom stereocenters. The van der Waals surface area contributed by atoms with Gasteiger partial charge in [-0.15, -0.1) is 0 Å². The van der Waals surface area contributed by atoms with E-state index in [1.54, 1.807) is 11.0 Å². The second-order valence-electron chi connectivity index (χ2n) is 8.42. The summed E-state index contributed by atoms with van der Waals surface area (Å²) in [5.41, 5.74) is 2.61. The van der Waals surface area contributed by atoms with Crippen molar-refractivity contribution >= 4 is 43.2 Å². The van der Waals surface area contributed by atoms with Gasteiger partial charge < -0.3 is 9.80 Å². The molecule has 4 rings (SSSR count). The van der Waals surface area contributed by atoms with Crippen molar-refractivity contribution in [2.45, 2.75) is 31.2 Å². The number of carbonyl (C=O) groups excluding carboxylic acids is 1. The highest BCUT2D eigenvalue weighted by atomic mass is 79.9. The summed E-state index contributed by atoms with van der Waals surface area (Å²) >= 11 is 3.43. The first-order chi connectivity index (χ1) is 15.3. The van der Waals surface area contributed by atoms with E-state index >= 15 is 0 Å². The fourth-order valence-corrected chi connectivity index (χ4v) is 6.58. The molecule has 2 aromatic rings. The highest BCUT2D eigenvalue weighted by Crippen LogP contribution is 2.40. The van der Waals surface area contributed by atoms with E-state index in [9.17, 15) is 13.2 Å². The van der Waals surface area contributed by atoms with Gasteiger partial charge in [-0.2, -0.15) is 0 Å². The topological polar surface area (TPSA) is 73.0 Å². The lowest BCUT2D eigenvalue weighted by Crippen LogP contribution is -2.48. The van der Waals surface area contributed by atoms with Crippen molar-refractivity contribution in [2.75, 3.05) is 49.1 Å². The molecule has 2 aliphatic heterocycles. The maximum Gasteiger partial charge on any atom is 0.242 e. The van der Waals surface area contributed by atoms with Crippen molar-refractivity contribution in [1.82, 2.24) is 9.62 Å². The van der Waals surface area contributed by atoms with Crippen molar-refractivity contribution in [3.63, 3.8) is 0 Å². The van der Waals surface area contributed by atoms with Crippen LogP contribution < -0.4 is 14.5 Å². The van der Waals surface area contributed by atoms with Gasteiger partial charge in [-0.25, -0.2) is 13.1 Å². The fourth-order valence-electron chi connectivity index (χ4n) is 4.64. The van der Waals surface area contributed by atoms with Crippen molar-refractivity contribution < 1.29 is 13.2 Å². The minimum Gasteiger partial charge on any atom is -0.369 e. The van der Waals surface area contributed by atoms with Crippen molar-refractivity contribution in [1.29, 1.82) is 0 Å². The number of sulfonamides is 1. The second kappa shape index (κ2) is 9.51. The van der Waals surface area contributed by atoms with Gasteiger partial charge in [0.15, 0.2) is 0 Å². The van der Waals surface area contributed by atoms with Crippen LogP contribution in [0, 0.1) is 0 Å². The molecular formula is C23H29BrN4O3S. The minimum absolute atomic E-state index is 0.0633. The van der Waals surface area contributed by atoms with Crippen LogP contribution in [0.1, 0.15) is 19.4 Å². The number of halogens is 1. The first-order valence-corrected chi connectivity index (χ1v) is 13.2. The quantitative estimate of drug-likeness (QED) is 0.633. The van der Waals surface area contributed by atoms with Crippen LogP contribution >= 0.6 is 15.9 Å². The summed E-state index contributed by atoms with van der Waals surface area (Å²) in [7, 11) is -3.76. The molecule has 2 aliphatic rings. The zero-order valence-corrected chi connectivity index (χ0v) is 20.8. The normalized spacial score (nSPS) is 19.3. The maximum absolute atomic E-state index is 13.2. The van der Waals surface area contributed by atoms with Crippen LogP contribution in [0.4, 0.5) is 11.4 Å². The van der Waals surface area contributed by atoms with Crippen molar-refractivity contribution in [3.8, 4) is 0 Å². The summed E-state index contributed by atoms with van der Waals surface area (Å²) in [6, 6.07) is 13.8. The minimum atomic E-state index is -3.76. The van der Waals surface area contributed by atoms with E-state index in [2.05, 4.69) is 42.6 Å². The molecule has 1 saturated heterocycles. The summed E-state index contributed by atoms with van der Waals surface area (Å²) in [5, 5.41) is 0. The zero-order chi connectivity index (χ0) is 22.9. The Morgan fingerprint density at radius 1 is 1.12 bits per heavy atom. The molecule has 0 bridgehead atoms.